The van der Waals surface area contributed by atoms with E-state index in [1.807, 2.05) is 6.07 Å². The van der Waals surface area contributed by atoms with Gasteiger partial charge in [-0.1, -0.05) is 6.07 Å². The SMILES string of the molecule is Cn1cnnc1-c1cc(F)ccc1-c1cc(C2CC2)nc(-n2cc(-c3cc(CO)ncc3C(F)(F)F)cn2)c1. The molecule has 1 fully saturated rings. The maximum Gasteiger partial charge on any atom is 0.418 e. The summed E-state index contributed by atoms with van der Waals surface area (Å²) in [6.07, 6.45) is 2.31. The smallest absolute Gasteiger partial charge is 0.390 e. The van der Waals surface area contributed by atoms with Crippen molar-refractivity contribution in [2.24, 2.45) is 7.05 Å². The quantitative estimate of drug-likeness (QED) is 0.296. The summed E-state index contributed by atoms with van der Waals surface area (Å²) in [7, 11) is 1.76. The van der Waals surface area contributed by atoms with Crippen LogP contribution < -0.4 is 0 Å². The monoisotopic (exact) mass is 535 g/mol. The molecule has 4 heterocycles. The minimum absolute atomic E-state index is 0.106. The maximum atomic E-state index is 14.3. The van der Waals surface area contributed by atoms with Gasteiger partial charge in [-0.25, -0.2) is 14.1 Å². The molecule has 198 valence electrons. The van der Waals surface area contributed by atoms with Gasteiger partial charge in [0.15, 0.2) is 11.6 Å². The summed E-state index contributed by atoms with van der Waals surface area (Å²) in [5.74, 6) is 0.708. The van der Waals surface area contributed by atoms with Crippen molar-refractivity contribution < 1.29 is 22.7 Å². The highest BCUT2D eigenvalue weighted by Crippen LogP contribution is 2.42. The lowest BCUT2D eigenvalue weighted by molar-refractivity contribution is -0.137. The van der Waals surface area contributed by atoms with Gasteiger partial charge >= 0.3 is 6.18 Å². The van der Waals surface area contributed by atoms with Crippen molar-refractivity contribution in [1.82, 2.24) is 34.5 Å². The molecule has 0 atom stereocenters. The molecule has 1 aromatic carbocycles. The number of hydrogen-bond acceptors (Lipinski definition) is 6. The minimum atomic E-state index is -4.64. The molecule has 1 saturated carbocycles. The molecule has 1 aliphatic rings. The molecule has 0 saturated heterocycles. The average molecular weight is 536 g/mol. The summed E-state index contributed by atoms with van der Waals surface area (Å²) in [4.78, 5) is 8.44. The number of aryl methyl sites for hydroxylation is 1. The van der Waals surface area contributed by atoms with Gasteiger partial charge in [-0.2, -0.15) is 18.3 Å². The van der Waals surface area contributed by atoms with Crippen molar-refractivity contribution in [3.05, 3.63) is 84.1 Å². The van der Waals surface area contributed by atoms with Gasteiger partial charge < -0.3 is 9.67 Å². The molecule has 0 bridgehead atoms. The summed E-state index contributed by atoms with van der Waals surface area (Å²) in [5.41, 5.74) is 2.02. The van der Waals surface area contributed by atoms with Crippen LogP contribution in [0.3, 0.4) is 0 Å². The van der Waals surface area contributed by atoms with E-state index >= 15 is 0 Å². The largest absolute Gasteiger partial charge is 0.418 e. The van der Waals surface area contributed by atoms with Crippen molar-refractivity contribution in [3.63, 3.8) is 0 Å². The van der Waals surface area contributed by atoms with Crippen LogP contribution in [0.4, 0.5) is 17.6 Å². The zero-order valence-corrected chi connectivity index (χ0v) is 20.6. The number of benzene rings is 1. The number of alkyl halides is 3. The van der Waals surface area contributed by atoms with Crippen LogP contribution in [-0.4, -0.2) is 39.6 Å². The molecule has 0 amide bonds. The first-order valence-corrected chi connectivity index (χ1v) is 12.1. The molecule has 1 N–H and O–H groups in total. The van der Waals surface area contributed by atoms with Crippen LogP contribution >= 0.6 is 0 Å². The highest BCUT2D eigenvalue weighted by atomic mass is 19.4. The number of hydrogen-bond donors (Lipinski definition) is 1. The van der Waals surface area contributed by atoms with Crippen molar-refractivity contribution in [3.8, 4) is 39.5 Å². The third-order valence-corrected chi connectivity index (χ3v) is 6.63. The second kappa shape index (κ2) is 9.38. The lowest BCUT2D eigenvalue weighted by Crippen LogP contribution is -2.09. The molecular formula is C27H21F4N7O. The summed E-state index contributed by atoms with van der Waals surface area (Å²) in [6.45, 7) is -0.501. The van der Waals surface area contributed by atoms with E-state index in [-0.39, 0.29) is 22.7 Å². The van der Waals surface area contributed by atoms with E-state index in [1.165, 1.54) is 41.6 Å². The van der Waals surface area contributed by atoms with Crippen LogP contribution in [0.15, 0.2) is 61.3 Å². The molecule has 0 unspecified atom stereocenters. The molecule has 12 heteroatoms. The summed E-state index contributed by atoms with van der Waals surface area (Å²) in [6, 6.07) is 9.31. The van der Waals surface area contributed by atoms with Crippen LogP contribution in [0.1, 0.15) is 35.7 Å². The number of rotatable bonds is 6. The predicted octanol–water partition coefficient (Wildman–Crippen LogP) is 5.32. The van der Waals surface area contributed by atoms with Crippen LogP contribution in [0.25, 0.3) is 39.5 Å². The van der Waals surface area contributed by atoms with Crippen LogP contribution in [-0.2, 0) is 19.8 Å². The third-order valence-electron chi connectivity index (χ3n) is 6.63. The summed E-state index contributed by atoms with van der Waals surface area (Å²) >= 11 is 0. The second-order valence-corrected chi connectivity index (χ2v) is 9.42. The fourth-order valence-electron chi connectivity index (χ4n) is 4.52. The zero-order chi connectivity index (χ0) is 27.3. The summed E-state index contributed by atoms with van der Waals surface area (Å²) < 4.78 is 58.6. The Morgan fingerprint density at radius 3 is 2.51 bits per heavy atom. The van der Waals surface area contributed by atoms with Gasteiger partial charge in [0.05, 0.1) is 24.1 Å². The van der Waals surface area contributed by atoms with E-state index in [4.69, 9.17) is 4.98 Å². The molecule has 4 aromatic heterocycles. The van der Waals surface area contributed by atoms with Gasteiger partial charge in [0.1, 0.15) is 12.1 Å². The Kier molecular flexibility index (Phi) is 5.98. The fraction of sp³-hybridized carbons (Fsp3) is 0.222. The van der Waals surface area contributed by atoms with Gasteiger partial charge in [-0.3, -0.25) is 4.98 Å². The molecule has 39 heavy (non-hydrogen) atoms. The van der Waals surface area contributed by atoms with E-state index in [0.29, 0.717) is 29.0 Å². The summed E-state index contributed by atoms with van der Waals surface area (Å²) in [5, 5.41) is 21.8. The van der Waals surface area contributed by atoms with Crippen molar-refractivity contribution >= 4 is 0 Å². The minimum Gasteiger partial charge on any atom is -0.390 e. The lowest BCUT2D eigenvalue weighted by Gasteiger charge is -2.13. The van der Waals surface area contributed by atoms with Gasteiger partial charge in [-0.15, -0.1) is 10.2 Å². The van der Waals surface area contributed by atoms with E-state index in [2.05, 4.69) is 20.3 Å². The van der Waals surface area contributed by atoms with Crippen molar-refractivity contribution in [1.29, 1.82) is 0 Å². The van der Waals surface area contributed by atoms with Crippen molar-refractivity contribution in [2.75, 3.05) is 0 Å². The average Bonchev–Trinajstić information content (AvgIpc) is 3.50. The Balaban J connectivity index is 1.48. The van der Waals surface area contributed by atoms with E-state index in [0.717, 1.165) is 24.1 Å². The number of aliphatic hydroxyl groups is 1. The zero-order valence-electron chi connectivity index (χ0n) is 20.6. The highest BCUT2D eigenvalue weighted by Gasteiger charge is 2.35. The second-order valence-electron chi connectivity index (χ2n) is 9.42. The van der Waals surface area contributed by atoms with Gasteiger partial charge in [0.25, 0.3) is 0 Å². The maximum absolute atomic E-state index is 14.3. The number of pyridine rings is 2. The molecule has 0 radical (unpaired) electrons. The normalized spacial score (nSPS) is 13.7. The Hall–Kier alpha value is -4.45. The van der Waals surface area contributed by atoms with Crippen LogP contribution in [0.2, 0.25) is 0 Å². The van der Waals surface area contributed by atoms with Crippen LogP contribution in [0, 0.1) is 5.82 Å². The first-order chi connectivity index (χ1) is 18.7. The molecule has 0 spiro atoms. The van der Waals surface area contributed by atoms with Gasteiger partial charge in [0.2, 0.25) is 0 Å². The number of aliphatic hydroxyl groups excluding tert-OH is 1. The Labute approximate surface area is 219 Å². The Morgan fingerprint density at radius 2 is 1.82 bits per heavy atom. The Morgan fingerprint density at radius 1 is 1.00 bits per heavy atom. The number of aromatic nitrogens is 7. The molecular weight excluding hydrogens is 514 g/mol. The van der Waals surface area contributed by atoms with E-state index in [9.17, 15) is 22.7 Å². The first kappa shape index (κ1) is 24.9. The van der Waals surface area contributed by atoms with Gasteiger partial charge in [-0.05, 0) is 54.3 Å². The third kappa shape index (κ3) is 4.78. The molecule has 1 aliphatic carbocycles. The molecule has 5 aromatic rings. The predicted molar refractivity (Wildman–Crippen MR) is 133 cm³/mol. The Bertz CT molecular complexity index is 1690. The van der Waals surface area contributed by atoms with Crippen LogP contribution in [0.5, 0.6) is 0 Å². The molecule has 8 nitrogen and oxygen atoms in total. The van der Waals surface area contributed by atoms with Gasteiger partial charge in [0, 0.05) is 47.7 Å². The fourth-order valence-corrected chi connectivity index (χ4v) is 4.52. The topological polar surface area (TPSA) is 94.5 Å². The standard InChI is InChI=1S/C27H21F4N7O/c1-37-14-33-36-26(37)22-8-18(28)4-5-20(22)16-6-24(15-2-3-15)35-25(7-16)38-12-17(10-34-38)21-9-19(13-39)32-11-23(21)27(29,30)31/h4-12,14-15,39H,2-3,13H2,1H3. The van der Waals surface area contributed by atoms with Crippen molar-refractivity contribution in [2.45, 2.75) is 31.5 Å². The number of halogens is 4. The first-order valence-electron chi connectivity index (χ1n) is 12.1. The highest BCUT2D eigenvalue weighted by molar-refractivity contribution is 5.81. The van der Waals surface area contributed by atoms with E-state index < -0.39 is 24.2 Å². The molecule has 6 rings (SSSR count). The van der Waals surface area contributed by atoms with E-state index in [1.54, 1.807) is 23.7 Å². The lowest BCUT2D eigenvalue weighted by atomic mass is 9.98. The number of nitrogens with zero attached hydrogens (tertiary/aromatic N) is 7. The molecule has 0 aliphatic heterocycles.